The molecule has 0 unspecified atom stereocenters. The number of halogens is 2. The van der Waals surface area contributed by atoms with Crippen molar-refractivity contribution in [3.05, 3.63) is 214 Å². The van der Waals surface area contributed by atoms with Crippen LogP contribution in [0.3, 0.4) is 0 Å². The summed E-state index contributed by atoms with van der Waals surface area (Å²) in [5.74, 6) is 5.33. The maximum atomic E-state index is 13.0. The van der Waals surface area contributed by atoms with Gasteiger partial charge in [0.05, 0.1) is 79.8 Å². The minimum absolute atomic E-state index is 0. The number of aliphatic hydroxyl groups is 1. The van der Waals surface area contributed by atoms with Crippen molar-refractivity contribution < 1.29 is 87.4 Å². The van der Waals surface area contributed by atoms with Crippen LogP contribution in [0.1, 0.15) is 212 Å². The number of fused-ring (bicyclic) bond motifs is 3. The second-order valence-electron chi connectivity index (χ2n) is 36.7. The van der Waals surface area contributed by atoms with Crippen molar-refractivity contribution in [2.24, 2.45) is 23.7 Å². The third kappa shape index (κ3) is 31.6. The van der Waals surface area contributed by atoms with Gasteiger partial charge in [0, 0.05) is 128 Å². The molecule has 40 nitrogen and oxygen atoms in total. The van der Waals surface area contributed by atoms with Gasteiger partial charge in [-0.25, -0.2) is 44.5 Å². The van der Waals surface area contributed by atoms with Crippen LogP contribution in [0.15, 0.2) is 147 Å². The minimum Gasteiger partial charge on any atom is -0.473 e. The summed E-state index contributed by atoms with van der Waals surface area (Å²) in [6.45, 7) is 10.8. The molecule has 139 heavy (non-hydrogen) atoms. The second-order valence-corrected chi connectivity index (χ2v) is 37.1. The van der Waals surface area contributed by atoms with Crippen LogP contribution in [0.2, 0.25) is 5.15 Å². The predicted molar refractivity (Wildman–Crippen MR) is 516 cm³/mol. The first-order valence-corrected chi connectivity index (χ1v) is 46.2. The maximum Gasteiger partial charge on any atom is 0.415 e. The molecular weight excluding hydrogens is 1900 g/mol. The van der Waals surface area contributed by atoms with E-state index < -0.39 is 44.9 Å². The van der Waals surface area contributed by atoms with E-state index in [-0.39, 0.29) is 85.9 Å². The first kappa shape index (κ1) is 104. The van der Waals surface area contributed by atoms with Gasteiger partial charge in [-0.05, 0) is 254 Å². The van der Waals surface area contributed by atoms with E-state index in [0.29, 0.717) is 117 Å². The van der Waals surface area contributed by atoms with Gasteiger partial charge in [-0.15, -0.1) is 0 Å². The Balaban J connectivity index is 0.000000151. The van der Waals surface area contributed by atoms with Gasteiger partial charge >= 0.3 is 23.6 Å². The number of anilines is 9. The molecule has 12 aromatic rings. The largest absolute Gasteiger partial charge is 0.473 e. The number of ketones is 2. The van der Waals surface area contributed by atoms with Crippen molar-refractivity contribution in [2.75, 3.05) is 58.4 Å². The number of nitrogens with zero attached hydrogens (tertiary/aromatic N) is 19. The van der Waals surface area contributed by atoms with Crippen LogP contribution in [-0.4, -0.2) is 181 Å². The summed E-state index contributed by atoms with van der Waals surface area (Å²) in [5, 5.41) is 54.6. The molecule has 0 bridgehead atoms. The summed E-state index contributed by atoms with van der Waals surface area (Å²) in [7, 11) is 5.02. The van der Waals surface area contributed by atoms with E-state index in [1.54, 1.807) is 101 Å². The third-order valence-corrected chi connectivity index (χ3v) is 22.0. The van der Waals surface area contributed by atoms with E-state index in [2.05, 4.69) is 71.5 Å². The summed E-state index contributed by atoms with van der Waals surface area (Å²) >= 11 is 6.09. The first-order chi connectivity index (χ1) is 65.6. The summed E-state index contributed by atoms with van der Waals surface area (Å²) in [6, 6.07) is 25.7. The van der Waals surface area contributed by atoms with Gasteiger partial charge in [-0.2, -0.15) is 33.2 Å². The molecule has 9 saturated carbocycles. The van der Waals surface area contributed by atoms with Crippen molar-refractivity contribution in [2.45, 2.75) is 224 Å². The van der Waals surface area contributed by atoms with Gasteiger partial charge < -0.3 is 69.0 Å². The van der Waals surface area contributed by atoms with Gasteiger partial charge in [0.15, 0.2) is 28.5 Å². The van der Waals surface area contributed by atoms with Crippen molar-refractivity contribution in [1.82, 2.24) is 79.0 Å². The number of aromatic nitrogens is 15. The van der Waals surface area contributed by atoms with Gasteiger partial charge in [0.2, 0.25) is 11.8 Å². The van der Waals surface area contributed by atoms with Crippen LogP contribution in [0.4, 0.5) is 77.2 Å². The van der Waals surface area contributed by atoms with Crippen LogP contribution < -0.4 is 56.7 Å². The zero-order chi connectivity index (χ0) is 97.4. The number of aliphatic hydroxyl groups excluding tert-OH is 1. The number of ether oxygens (including phenoxy) is 5. The molecule has 0 atom stereocenters. The van der Waals surface area contributed by atoms with E-state index >= 15 is 0 Å². The molecule has 9 aliphatic rings. The molecule has 12 heterocycles. The van der Waals surface area contributed by atoms with Crippen LogP contribution >= 0.6 is 11.6 Å². The number of carbonyl (C=O) groups excluding carboxylic acids is 5. The van der Waals surface area contributed by atoms with Crippen LogP contribution in [0, 0.1) is 57.3 Å². The summed E-state index contributed by atoms with van der Waals surface area (Å²) < 4.78 is 44.0. The number of nitrogens with one attached hydrogen (secondary N) is 4. The number of amides is 3. The topological polar surface area (TPSA) is 513 Å². The smallest absolute Gasteiger partial charge is 0.415 e. The number of rotatable bonds is 27. The minimum atomic E-state index is -1.05. The van der Waals surface area contributed by atoms with Gasteiger partial charge in [-0.3, -0.25) is 54.4 Å². The summed E-state index contributed by atoms with van der Waals surface area (Å²) in [6.07, 6.45) is 37.1. The van der Waals surface area contributed by atoms with E-state index in [4.69, 9.17) is 61.8 Å². The van der Waals surface area contributed by atoms with Gasteiger partial charge in [0.25, 0.3) is 17.7 Å². The number of nitrogen functional groups attached to an aromatic ring is 2. The molecule has 9 fully saturated rings. The van der Waals surface area contributed by atoms with Gasteiger partial charge in [-0.1, -0.05) is 11.6 Å². The molecule has 0 spiro atoms. The fourth-order valence-corrected chi connectivity index (χ4v) is 13.2. The molecule has 9 N–H and O–H groups in total. The van der Waals surface area contributed by atoms with Crippen molar-refractivity contribution >= 4 is 121 Å². The standard InChI is InChI=1S/C26H32N6O3.C21H24N6O.C16H20ClN5O3.C8H8N2O3.2C8H10N2O.C5H3FN2O2.C3H6O.CH3.Pd/c1-26(2,3)35-25(34)31(4)23-14-22(29-19-6-5-11-27-20(19)12-16-7-8-16)30-24-18(15-28-32(23)24)21(33)13-17-9-10-17;1-22-20-11-19(25-16-3-2-8-23-17(16)9-13-4-5-13)26-21-15(12-24-27(20)21)18(28)10-14-6-7-14;1-16(2,3)25-15(24)21(4)12-7-11(17)20-13-10(8-18-22(12)13)14(23)19-9-5-6-9;11-10(12)7-2-1-5-9-8(7)13-6-3-4-6;2*9-7-2-1-5-10-8(7)11-6-3-4-6;6-5-4(8(9)10)2-1-3-7-5;4-3-1-2-3;;/h5-6,11,14-17H,7-10,12-13H2,1-4H3,(H,29,30);2-3,8,11-14,22H,4-7,9-10H2,1H3,(H,25,26);7-9H,5-6H2,1-4H3,(H,19,23);1-2,5-6H,3-4H2;2*1-2,5-6H,3-4,9H2;1-3H;3-4H,1-2H2;1H3;/q;;;;;;;;-1;. The Hall–Kier alpha value is -13.8. The Bertz CT molecular complexity index is 6250. The Kier molecular flexibility index (Phi) is 35.2. The van der Waals surface area contributed by atoms with E-state index in [1.165, 1.54) is 81.2 Å². The zero-order valence-electron chi connectivity index (χ0n) is 79.0. The summed E-state index contributed by atoms with van der Waals surface area (Å²) in [4.78, 5) is 123. The molecule has 12 aromatic heterocycles. The first-order valence-electron chi connectivity index (χ1n) is 45.8. The number of hydrogen-bond donors (Lipinski definition) is 7. The Morgan fingerprint density at radius 3 is 1.29 bits per heavy atom. The number of hydrogen-bond acceptors (Lipinski definition) is 32. The second kappa shape index (κ2) is 47.0. The summed E-state index contributed by atoms with van der Waals surface area (Å²) in [5.41, 5.74) is 17.1. The Morgan fingerprint density at radius 2 is 0.892 bits per heavy atom. The normalized spacial score (nSPS) is 15.3. The number of pyridine rings is 6. The number of carbonyl (C=O) groups is 5. The van der Waals surface area contributed by atoms with Crippen molar-refractivity contribution in [3.8, 4) is 17.6 Å². The molecule has 3 amide bonds. The van der Waals surface area contributed by atoms with E-state index in [0.717, 1.165) is 149 Å². The average Bonchev–Trinajstić information content (AvgIpc) is 1.60. The van der Waals surface area contributed by atoms with Crippen LogP contribution in [0.5, 0.6) is 17.6 Å². The fourth-order valence-electron chi connectivity index (χ4n) is 13.0. The van der Waals surface area contributed by atoms with E-state index in [1.807, 2.05) is 64.3 Å². The molecule has 0 saturated heterocycles. The number of nitro groups is 2. The van der Waals surface area contributed by atoms with E-state index in [9.17, 15) is 48.6 Å². The SMILES string of the molecule is CN(C(=O)OC(C)(C)C)c1cc(Cl)nc2c(C(=O)NC3CC3)cnn12.CN(C(=O)OC(C)(C)C)c1cc(Nc2cccnc2CC2CC2)nc2c(C(=O)CC3CC3)cnn12.CNc1cc(Nc2cccnc2CC2CC2)nc2c(C(=O)CC3CC3)cnn12.Nc1cccnc1OC1CC1.Nc1cccnc1OC1CC1.O=[N+]([O-])c1cccnc1F.O=[N+]([O-])c1cccnc1OC1CC1.OC1CC1.[CH3-].[Pd]. The Labute approximate surface area is 820 Å². The molecule has 9 aliphatic carbocycles. The molecule has 0 aliphatic heterocycles. The fraction of sp³-hybridized carbons (Fsp3) is 0.438. The molecule has 43 heteroatoms. The van der Waals surface area contributed by atoms with Crippen molar-refractivity contribution in [3.63, 3.8) is 0 Å². The van der Waals surface area contributed by atoms with Crippen molar-refractivity contribution in [1.29, 1.82) is 0 Å². The molecule has 0 radical (unpaired) electrons. The quantitative estimate of drug-likeness (QED) is 0.00478. The predicted octanol–water partition coefficient (Wildman–Crippen LogP) is 17.3. The number of nitrogens with two attached hydrogens (primary N) is 2. The number of Topliss-reactive ketones (excluding diaryl/α,β-unsaturated/α-hetero) is 2. The Morgan fingerprint density at radius 1 is 0.511 bits per heavy atom. The average molecular weight is 2020 g/mol. The molecule has 740 valence electrons. The van der Waals surface area contributed by atoms with Crippen LogP contribution in [-0.2, 0) is 42.7 Å². The third-order valence-electron chi connectivity index (χ3n) is 21.8. The monoisotopic (exact) mass is 2020 g/mol. The maximum absolute atomic E-state index is 13.0. The molecular formula is C96H116ClFN25O15Pd-. The molecule has 21 rings (SSSR count). The molecule has 0 aromatic carbocycles. The van der Waals surface area contributed by atoms with Crippen LogP contribution in [0.25, 0.3) is 16.9 Å². The zero-order valence-corrected chi connectivity index (χ0v) is 81.3. The van der Waals surface area contributed by atoms with Gasteiger partial charge in [0.1, 0.15) is 69.3 Å².